The number of carbonyl (C=O) groups excluding carboxylic acids is 1. The number of nitrogens with one attached hydrogen (secondary N) is 1. The van der Waals surface area contributed by atoms with Crippen molar-refractivity contribution in [2.75, 3.05) is 12.4 Å². The van der Waals surface area contributed by atoms with Gasteiger partial charge in [0.25, 0.3) is 0 Å². The van der Waals surface area contributed by atoms with Gasteiger partial charge in [-0.3, -0.25) is 0 Å². The Morgan fingerprint density at radius 2 is 2.00 bits per heavy atom. The summed E-state index contributed by atoms with van der Waals surface area (Å²) in [6, 6.07) is 14.2. The minimum atomic E-state index is -0.422. The number of esters is 1. The summed E-state index contributed by atoms with van der Waals surface area (Å²) in [5.41, 5.74) is 2.64. The maximum absolute atomic E-state index is 11.7. The number of carbonyl (C=O) groups is 1. The fourth-order valence-corrected chi connectivity index (χ4v) is 2.02. The first kappa shape index (κ1) is 14.9. The lowest BCUT2D eigenvalue weighted by Crippen LogP contribution is -2.08. The molecule has 0 saturated heterocycles. The molecule has 0 atom stereocenters. The monoisotopic (exact) mass is 300 g/mol. The molecule has 2 aromatic carbocycles. The number of nitrogens with zero attached hydrogens (tertiary/aromatic N) is 1. The quantitative estimate of drug-likeness (QED) is 0.876. The molecule has 0 heterocycles. The molecule has 0 spiro atoms. The standard InChI is InChI=1S/C16H13ClN2O2/c1-21-16(20)14-7-6-13(17)8-15(14)19-10-12-4-2-11(9-18)3-5-12/h2-8,19H,10H2,1H3. The third-order valence-electron chi connectivity index (χ3n) is 2.95. The first-order valence-electron chi connectivity index (χ1n) is 6.25. The van der Waals surface area contributed by atoms with Gasteiger partial charge in [-0.25, -0.2) is 4.79 Å². The van der Waals surface area contributed by atoms with Crippen molar-refractivity contribution in [3.8, 4) is 6.07 Å². The Kier molecular flexibility index (Phi) is 4.81. The van der Waals surface area contributed by atoms with E-state index in [9.17, 15) is 4.79 Å². The molecule has 2 aromatic rings. The predicted octanol–water partition coefficient (Wildman–Crippen LogP) is 3.61. The van der Waals surface area contributed by atoms with Crippen molar-refractivity contribution in [3.05, 3.63) is 64.2 Å². The third kappa shape index (κ3) is 3.74. The zero-order valence-electron chi connectivity index (χ0n) is 11.4. The van der Waals surface area contributed by atoms with Crippen LogP contribution >= 0.6 is 11.6 Å². The van der Waals surface area contributed by atoms with Gasteiger partial charge in [-0.15, -0.1) is 0 Å². The third-order valence-corrected chi connectivity index (χ3v) is 3.19. The molecule has 0 unspecified atom stereocenters. The first-order chi connectivity index (χ1) is 10.1. The van der Waals surface area contributed by atoms with Crippen molar-refractivity contribution in [3.63, 3.8) is 0 Å². The van der Waals surface area contributed by atoms with Crippen molar-refractivity contribution < 1.29 is 9.53 Å². The van der Waals surface area contributed by atoms with Crippen molar-refractivity contribution in [2.45, 2.75) is 6.54 Å². The molecule has 4 nitrogen and oxygen atoms in total. The molecule has 0 saturated carbocycles. The van der Waals surface area contributed by atoms with E-state index in [1.165, 1.54) is 7.11 Å². The molecule has 0 aliphatic rings. The van der Waals surface area contributed by atoms with E-state index in [0.29, 0.717) is 28.4 Å². The fourth-order valence-electron chi connectivity index (χ4n) is 1.85. The van der Waals surface area contributed by atoms with Crippen LogP contribution in [0.3, 0.4) is 0 Å². The van der Waals surface area contributed by atoms with Gasteiger partial charge in [-0.05, 0) is 35.9 Å². The van der Waals surface area contributed by atoms with Crippen LogP contribution in [0.5, 0.6) is 0 Å². The van der Waals surface area contributed by atoms with Crippen LogP contribution in [0.4, 0.5) is 5.69 Å². The Morgan fingerprint density at radius 3 is 2.62 bits per heavy atom. The number of nitriles is 1. The highest BCUT2D eigenvalue weighted by atomic mass is 35.5. The number of anilines is 1. The molecular formula is C16H13ClN2O2. The molecule has 0 amide bonds. The average Bonchev–Trinajstić information content (AvgIpc) is 2.52. The van der Waals surface area contributed by atoms with E-state index in [4.69, 9.17) is 21.6 Å². The Labute approximate surface area is 127 Å². The largest absolute Gasteiger partial charge is 0.465 e. The summed E-state index contributed by atoms with van der Waals surface area (Å²) in [6.07, 6.45) is 0. The van der Waals surface area contributed by atoms with Gasteiger partial charge in [0, 0.05) is 11.6 Å². The van der Waals surface area contributed by atoms with E-state index in [-0.39, 0.29) is 0 Å². The maximum Gasteiger partial charge on any atom is 0.339 e. The van der Waals surface area contributed by atoms with Gasteiger partial charge in [0.05, 0.1) is 30.0 Å². The summed E-state index contributed by atoms with van der Waals surface area (Å²) in [7, 11) is 1.33. The number of ether oxygens (including phenoxy) is 1. The topological polar surface area (TPSA) is 62.1 Å². The first-order valence-corrected chi connectivity index (χ1v) is 6.62. The van der Waals surface area contributed by atoms with Crippen LogP contribution in [0.25, 0.3) is 0 Å². The molecule has 5 heteroatoms. The molecule has 0 aliphatic carbocycles. The zero-order valence-corrected chi connectivity index (χ0v) is 12.1. The van der Waals surface area contributed by atoms with Crippen LogP contribution in [0, 0.1) is 11.3 Å². The van der Waals surface area contributed by atoms with Gasteiger partial charge < -0.3 is 10.1 Å². The lowest BCUT2D eigenvalue weighted by molar-refractivity contribution is 0.0602. The predicted molar refractivity (Wildman–Crippen MR) is 81.3 cm³/mol. The van der Waals surface area contributed by atoms with Gasteiger partial charge in [0.15, 0.2) is 0 Å². The molecule has 21 heavy (non-hydrogen) atoms. The summed E-state index contributed by atoms with van der Waals surface area (Å²) in [5, 5.41) is 12.4. The van der Waals surface area contributed by atoms with Crippen LogP contribution in [0.15, 0.2) is 42.5 Å². The van der Waals surface area contributed by atoms with E-state index < -0.39 is 5.97 Å². The van der Waals surface area contributed by atoms with E-state index >= 15 is 0 Å². The second kappa shape index (κ2) is 6.78. The van der Waals surface area contributed by atoms with Crippen molar-refractivity contribution in [1.82, 2.24) is 0 Å². The summed E-state index contributed by atoms with van der Waals surface area (Å²) < 4.78 is 4.74. The minimum Gasteiger partial charge on any atom is -0.465 e. The van der Waals surface area contributed by atoms with Gasteiger partial charge in [-0.1, -0.05) is 23.7 Å². The number of halogens is 1. The molecule has 1 N–H and O–H groups in total. The average molecular weight is 301 g/mol. The molecule has 2 rings (SSSR count). The van der Waals surface area contributed by atoms with E-state index in [2.05, 4.69) is 11.4 Å². The molecular weight excluding hydrogens is 288 g/mol. The summed E-state index contributed by atoms with van der Waals surface area (Å²) in [5.74, 6) is -0.422. The minimum absolute atomic E-state index is 0.422. The molecule has 0 aliphatic heterocycles. The van der Waals surface area contributed by atoms with Crippen LogP contribution in [0.1, 0.15) is 21.5 Å². The maximum atomic E-state index is 11.7. The lowest BCUT2D eigenvalue weighted by Gasteiger charge is -2.11. The number of methoxy groups -OCH3 is 1. The Balaban J connectivity index is 2.16. The normalized spacial score (nSPS) is 9.76. The second-order valence-electron chi connectivity index (χ2n) is 4.34. The Morgan fingerprint density at radius 1 is 1.29 bits per heavy atom. The highest BCUT2D eigenvalue weighted by Gasteiger charge is 2.12. The van der Waals surface area contributed by atoms with Gasteiger partial charge >= 0.3 is 5.97 Å². The van der Waals surface area contributed by atoms with Crippen molar-refractivity contribution in [2.24, 2.45) is 0 Å². The van der Waals surface area contributed by atoms with E-state index in [1.54, 1.807) is 30.3 Å². The number of hydrogen-bond acceptors (Lipinski definition) is 4. The van der Waals surface area contributed by atoms with Gasteiger partial charge in [0.2, 0.25) is 0 Å². The summed E-state index contributed by atoms with van der Waals surface area (Å²) in [6.45, 7) is 0.510. The van der Waals surface area contributed by atoms with E-state index in [1.807, 2.05) is 12.1 Å². The van der Waals surface area contributed by atoms with E-state index in [0.717, 1.165) is 5.56 Å². The zero-order chi connectivity index (χ0) is 15.2. The van der Waals surface area contributed by atoms with Crippen molar-refractivity contribution >= 4 is 23.3 Å². The van der Waals surface area contributed by atoms with Crippen LogP contribution in [0.2, 0.25) is 5.02 Å². The number of benzene rings is 2. The lowest BCUT2D eigenvalue weighted by atomic mass is 10.1. The van der Waals surface area contributed by atoms with Crippen LogP contribution in [-0.2, 0) is 11.3 Å². The van der Waals surface area contributed by atoms with Gasteiger partial charge in [-0.2, -0.15) is 5.26 Å². The molecule has 0 radical (unpaired) electrons. The fraction of sp³-hybridized carbons (Fsp3) is 0.125. The Hall–Kier alpha value is -2.51. The highest BCUT2D eigenvalue weighted by Crippen LogP contribution is 2.22. The van der Waals surface area contributed by atoms with Gasteiger partial charge in [0.1, 0.15) is 0 Å². The van der Waals surface area contributed by atoms with Crippen LogP contribution in [-0.4, -0.2) is 13.1 Å². The molecule has 0 fully saturated rings. The SMILES string of the molecule is COC(=O)c1ccc(Cl)cc1NCc1ccc(C#N)cc1. The summed E-state index contributed by atoms with van der Waals surface area (Å²) in [4.78, 5) is 11.7. The summed E-state index contributed by atoms with van der Waals surface area (Å²) >= 11 is 5.96. The van der Waals surface area contributed by atoms with Crippen molar-refractivity contribution in [1.29, 1.82) is 5.26 Å². The highest BCUT2D eigenvalue weighted by molar-refractivity contribution is 6.31. The molecule has 0 bridgehead atoms. The molecule has 0 aromatic heterocycles. The molecule has 106 valence electrons. The number of rotatable bonds is 4. The Bertz CT molecular complexity index is 690. The number of hydrogen-bond donors (Lipinski definition) is 1. The van der Waals surface area contributed by atoms with Crippen LogP contribution < -0.4 is 5.32 Å². The smallest absolute Gasteiger partial charge is 0.339 e. The second-order valence-corrected chi connectivity index (χ2v) is 4.78.